The third-order valence-electron chi connectivity index (χ3n) is 4.27. The van der Waals surface area contributed by atoms with Crippen molar-refractivity contribution in [2.24, 2.45) is 0 Å². The highest BCUT2D eigenvalue weighted by atomic mass is 16.2. The van der Waals surface area contributed by atoms with Crippen molar-refractivity contribution in [2.45, 2.75) is 37.0 Å². The molecule has 1 spiro atoms. The Morgan fingerprint density at radius 3 is 2.82 bits per heavy atom. The Labute approximate surface area is 99.8 Å². The van der Waals surface area contributed by atoms with E-state index in [-0.39, 0.29) is 11.6 Å². The van der Waals surface area contributed by atoms with Gasteiger partial charge >= 0.3 is 0 Å². The highest BCUT2D eigenvalue weighted by Gasteiger charge is 2.53. The van der Waals surface area contributed by atoms with Crippen molar-refractivity contribution in [1.82, 2.24) is 10.6 Å². The number of hydrogen-bond donors (Lipinski definition) is 3. The number of hydrogen-bond acceptors (Lipinski definition) is 3. The van der Waals surface area contributed by atoms with Crippen LogP contribution in [0.2, 0.25) is 0 Å². The van der Waals surface area contributed by atoms with Crippen molar-refractivity contribution in [3.63, 3.8) is 0 Å². The molecule has 2 saturated heterocycles. The number of carbonyl (C=O) groups is 1. The fourth-order valence-corrected chi connectivity index (χ4v) is 3.51. The molecule has 0 aromatic heterocycles. The van der Waals surface area contributed by atoms with E-state index < -0.39 is 0 Å². The highest BCUT2D eigenvalue weighted by molar-refractivity contribution is 6.02. The van der Waals surface area contributed by atoms with Crippen LogP contribution in [0.1, 0.15) is 29.6 Å². The maximum atomic E-state index is 12.1. The first-order valence-electron chi connectivity index (χ1n) is 6.23. The van der Waals surface area contributed by atoms with Crippen LogP contribution in [-0.2, 0) is 0 Å². The Kier molecular flexibility index (Phi) is 1.68. The van der Waals surface area contributed by atoms with E-state index in [2.05, 4.69) is 16.0 Å². The maximum absolute atomic E-state index is 12.1. The van der Waals surface area contributed by atoms with E-state index in [0.717, 1.165) is 24.1 Å². The highest BCUT2D eigenvalue weighted by Crippen LogP contribution is 2.40. The Hall–Kier alpha value is -1.55. The Morgan fingerprint density at radius 2 is 2.06 bits per heavy atom. The molecule has 0 unspecified atom stereocenters. The first-order chi connectivity index (χ1) is 8.27. The zero-order valence-corrected chi connectivity index (χ0v) is 9.49. The summed E-state index contributed by atoms with van der Waals surface area (Å²) in [5.74, 6) is 0.0497. The predicted octanol–water partition coefficient (Wildman–Crippen LogP) is 1.06. The van der Waals surface area contributed by atoms with Crippen LogP contribution < -0.4 is 16.0 Å². The molecule has 4 heteroatoms. The molecule has 3 N–H and O–H groups in total. The van der Waals surface area contributed by atoms with Gasteiger partial charge in [-0.3, -0.25) is 4.79 Å². The maximum Gasteiger partial charge on any atom is 0.255 e. The molecule has 2 bridgehead atoms. The minimum absolute atomic E-state index is 0.0497. The number of fused-ring (bicyclic) bond motifs is 4. The zero-order valence-electron chi connectivity index (χ0n) is 9.49. The molecule has 4 rings (SSSR count). The van der Waals surface area contributed by atoms with Gasteiger partial charge in [0.1, 0.15) is 5.66 Å². The second-order valence-corrected chi connectivity index (χ2v) is 5.29. The SMILES string of the molecule is O=C1N[C@]2(C[C@@H]3CC[C@@H]2N3)Nc2ccccc21. The molecule has 2 fully saturated rings. The van der Waals surface area contributed by atoms with Gasteiger partial charge in [-0.05, 0) is 25.0 Å². The van der Waals surface area contributed by atoms with Crippen LogP contribution in [-0.4, -0.2) is 23.7 Å². The Balaban J connectivity index is 1.77. The second-order valence-electron chi connectivity index (χ2n) is 5.29. The van der Waals surface area contributed by atoms with Crippen molar-refractivity contribution >= 4 is 11.6 Å². The van der Waals surface area contributed by atoms with Crippen LogP contribution in [0.15, 0.2) is 24.3 Å². The largest absolute Gasteiger partial charge is 0.361 e. The summed E-state index contributed by atoms with van der Waals surface area (Å²) < 4.78 is 0. The van der Waals surface area contributed by atoms with E-state index in [1.165, 1.54) is 6.42 Å². The van der Waals surface area contributed by atoms with Gasteiger partial charge in [0, 0.05) is 24.2 Å². The molecule has 0 aliphatic carbocycles. The number of carbonyl (C=O) groups excluding carboxylic acids is 1. The van der Waals surface area contributed by atoms with Crippen LogP contribution in [0.5, 0.6) is 0 Å². The summed E-state index contributed by atoms with van der Waals surface area (Å²) in [5, 5.41) is 10.3. The van der Waals surface area contributed by atoms with Crippen molar-refractivity contribution < 1.29 is 4.79 Å². The lowest BCUT2D eigenvalue weighted by Gasteiger charge is -2.42. The normalized spacial score (nSPS) is 37.8. The van der Waals surface area contributed by atoms with Crippen LogP contribution in [0.4, 0.5) is 5.69 Å². The number of amides is 1. The zero-order chi connectivity index (χ0) is 11.5. The molecule has 3 atom stereocenters. The van der Waals surface area contributed by atoms with Crippen molar-refractivity contribution in [3.05, 3.63) is 29.8 Å². The second kappa shape index (κ2) is 3.01. The Bertz CT molecular complexity index is 501. The Morgan fingerprint density at radius 1 is 1.18 bits per heavy atom. The molecule has 1 aromatic rings. The topological polar surface area (TPSA) is 53.2 Å². The van der Waals surface area contributed by atoms with Crippen molar-refractivity contribution in [1.29, 1.82) is 0 Å². The first kappa shape index (κ1) is 9.48. The third-order valence-corrected chi connectivity index (χ3v) is 4.27. The summed E-state index contributed by atoms with van der Waals surface area (Å²) in [6.45, 7) is 0. The van der Waals surface area contributed by atoms with E-state index in [1.807, 2.05) is 24.3 Å². The minimum atomic E-state index is -0.256. The van der Waals surface area contributed by atoms with Gasteiger partial charge in [0.2, 0.25) is 0 Å². The molecule has 3 aliphatic heterocycles. The monoisotopic (exact) mass is 229 g/mol. The molecule has 0 radical (unpaired) electrons. The molecule has 0 saturated carbocycles. The molecular weight excluding hydrogens is 214 g/mol. The number of nitrogens with one attached hydrogen (secondary N) is 3. The van der Waals surface area contributed by atoms with Crippen LogP contribution >= 0.6 is 0 Å². The molecule has 4 nitrogen and oxygen atoms in total. The molecule has 88 valence electrons. The average Bonchev–Trinajstić information content (AvgIpc) is 2.89. The standard InChI is InChI=1S/C13H15N3O/c17-12-9-3-1-2-4-10(9)15-13(16-12)7-8-5-6-11(13)14-8/h1-4,8,11,14-15H,5-7H2,(H,16,17)/t8-,11-,13-/m0/s1. The molecule has 1 amide bonds. The third kappa shape index (κ3) is 1.19. The lowest BCUT2D eigenvalue weighted by molar-refractivity contribution is 0.0885. The van der Waals surface area contributed by atoms with E-state index in [0.29, 0.717) is 12.1 Å². The van der Waals surface area contributed by atoms with Gasteiger partial charge in [-0.25, -0.2) is 0 Å². The summed E-state index contributed by atoms with van der Waals surface area (Å²) >= 11 is 0. The van der Waals surface area contributed by atoms with Gasteiger partial charge < -0.3 is 16.0 Å². The minimum Gasteiger partial charge on any atom is -0.361 e. The summed E-state index contributed by atoms with van der Waals surface area (Å²) in [6.07, 6.45) is 3.35. The summed E-state index contributed by atoms with van der Waals surface area (Å²) in [5.41, 5.74) is 1.46. The van der Waals surface area contributed by atoms with E-state index in [1.54, 1.807) is 0 Å². The van der Waals surface area contributed by atoms with Gasteiger partial charge in [-0.15, -0.1) is 0 Å². The van der Waals surface area contributed by atoms with Gasteiger partial charge in [-0.2, -0.15) is 0 Å². The van der Waals surface area contributed by atoms with E-state index in [4.69, 9.17) is 0 Å². The molecular formula is C13H15N3O. The van der Waals surface area contributed by atoms with E-state index >= 15 is 0 Å². The van der Waals surface area contributed by atoms with Crippen molar-refractivity contribution in [2.75, 3.05) is 5.32 Å². The van der Waals surface area contributed by atoms with Gasteiger partial charge in [0.25, 0.3) is 5.91 Å². The summed E-state index contributed by atoms with van der Waals surface area (Å²) in [6, 6.07) is 8.64. The number of rotatable bonds is 0. The molecule has 1 aromatic carbocycles. The lowest BCUT2D eigenvalue weighted by Crippen LogP contribution is -2.63. The number of para-hydroxylation sites is 1. The van der Waals surface area contributed by atoms with Gasteiger partial charge in [0.05, 0.1) is 5.56 Å². The molecule has 3 aliphatic rings. The predicted molar refractivity (Wildman–Crippen MR) is 64.8 cm³/mol. The lowest BCUT2D eigenvalue weighted by atomic mass is 9.86. The fraction of sp³-hybridized carbons (Fsp3) is 0.462. The smallest absolute Gasteiger partial charge is 0.255 e. The van der Waals surface area contributed by atoms with Crippen LogP contribution in [0.3, 0.4) is 0 Å². The average molecular weight is 229 g/mol. The van der Waals surface area contributed by atoms with Crippen LogP contribution in [0.25, 0.3) is 0 Å². The number of anilines is 1. The van der Waals surface area contributed by atoms with Gasteiger partial charge in [-0.1, -0.05) is 12.1 Å². The van der Waals surface area contributed by atoms with Crippen molar-refractivity contribution in [3.8, 4) is 0 Å². The van der Waals surface area contributed by atoms with Crippen LogP contribution in [0, 0.1) is 0 Å². The molecule has 3 heterocycles. The quantitative estimate of drug-likeness (QED) is 0.623. The van der Waals surface area contributed by atoms with E-state index in [9.17, 15) is 4.79 Å². The van der Waals surface area contributed by atoms with Gasteiger partial charge in [0.15, 0.2) is 0 Å². The fourth-order valence-electron chi connectivity index (χ4n) is 3.51. The molecule has 17 heavy (non-hydrogen) atoms. The number of benzene rings is 1. The summed E-state index contributed by atoms with van der Waals surface area (Å²) in [4.78, 5) is 12.1. The first-order valence-corrected chi connectivity index (χ1v) is 6.23. The summed E-state index contributed by atoms with van der Waals surface area (Å²) in [7, 11) is 0.